The molecular weight excluding hydrogens is 358 g/mol. The molecule has 0 aliphatic rings. The van der Waals surface area contributed by atoms with E-state index in [1.807, 2.05) is 36.4 Å². The Hall–Kier alpha value is -2.65. The van der Waals surface area contributed by atoms with Gasteiger partial charge in [0, 0.05) is 28.9 Å². The van der Waals surface area contributed by atoms with Crippen LogP contribution in [-0.4, -0.2) is 7.11 Å². The zero-order valence-corrected chi connectivity index (χ0v) is 16.6. The largest absolute Gasteiger partial charge is 0.493 e. The van der Waals surface area contributed by atoms with Crippen molar-refractivity contribution in [2.45, 2.75) is 27.0 Å². The molecule has 3 rings (SSSR count). The highest BCUT2D eigenvalue weighted by atomic mass is 35.5. The Labute approximate surface area is 165 Å². The maximum Gasteiger partial charge on any atom is 0.166 e. The molecule has 0 aromatic heterocycles. The molecule has 140 valence electrons. The number of benzene rings is 3. The van der Waals surface area contributed by atoms with E-state index in [4.69, 9.17) is 21.1 Å². The predicted octanol–water partition coefficient (Wildman–Crippen LogP) is 6.16. The minimum atomic E-state index is 0.468. The summed E-state index contributed by atoms with van der Waals surface area (Å²) in [5, 5.41) is 4.07. The fraction of sp³-hybridized carbons (Fsp3) is 0.217. The molecule has 0 atom stereocenters. The number of rotatable bonds is 7. The molecule has 0 aliphatic carbocycles. The van der Waals surface area contributed by atoms with Crippen LogP contribution in [0.15, 0.2) is 60.7 Å². The molecule has 3 aromatic rings. The first-order valence-electron chi connectivity index (χ1n) is 8.91. The van der Waals surface area contributed by atoms with Crippen LogP contribution < -0.4 is 14.8 Å². The molecule has 0 bridgehead atoms. The van der Waals surface area contributed by atoms with Crippen molar-refractivity contribution in [1.82, 2.24) is 0 Å². The SMILES string of the molecule is COc1cc(Cl)cc(CNc2ccc(C)c(C)c2)c1OCc1ccccc1. The smallest absolute Gasteiger partial charge is 0.166 e. The summed E-state index contributed by atoms with van der Waals surface area (Å²) in [5.41, 5.74) is 5.64. The van der Waals surface area contributed by atoms with Crippen molar-refractivity contribution in [3.8, 4) is 11.5 Å². The van der Waals surface area contributed by atoms with E-state index in [2.05, 4.69) is 37.4 Å². The van der Waals surface area contributed by atoms with Crippen molar-refractivity contribution in [3.05, 3.63) is 87.9 Å². The number of nitrogens with one attached hydrogen (secondary N) is 1. The molecule has 0 radical (unpaired) electrons. The van der Waals surface area contributed by atoms with Crippen LogP contribution in [0.1, 0.15) is 22.3 Å². The molecule has 0 spiro atoms. The first-order valence-corrected chi connectivity index (χ1v) is 9.29. The zero-order chi connectivity index (χ0) is 19.2. The van der Waals surface area contributed by atoms with Gasteiger partial charge in [0.2, 0.25) is 0 Å². The maximum absolute atomic E-state index is 6.28. The van der Waals surface area contributed by atoms with Gasteiger partial charge in [0.05, 0.1) is 7.11 Å². The van der Waals surface area contributed by atoms with Gasteiger partial charge in [0.15, 0.2) is 11.5 Å². The molecule has 0 aliphatic heterocycles. The number of halogens is 1. The molecule has 0 heterocycles. The molecule has 4 heteroatoms. The van der Waals surface area contributed by atoms with Crippen LogP contribution in [0.25, 0.3) is 0 Å². The van der Waals surface area contributed by atoms with Crippen molar-refractivity contribution >= 4 is 17.3 Å². The van der Waals surface area contributed by atoms with E-state index in [-0.39, 0.29) is 0 Å². The molecule has 3 aromatic carbocycles. The topological polar surface area (TPSA) is 30.5 Å². The highest BCUT2D eigenvalue weighted by Crippen LogP contribution is 2.36. The molecule has 1 N–H and O–H groups in total. The molecule has 0 amide bonds. The van der Waals surface area contributed by atoms with E-state index < -0.39 is 0 Å². The Morgan fingerprint density at radius 1 is 0.926 bits per heavy atom. The van der Waals surface area contributed by atoms with Gasteiger partial charge in [-0.3, -0.25) is 0 Å². The third-order valence-electron chi connectivity index (χ3n) is 4.53. The third kappa shape index (κ3) is 4.95. The number of methoxy groups -OCH3 is 1. The average molecular weight is 382 g/mol. The summed E-state index contributed by atoms with van der Waals surface area (Å²) in [6, 6.07) is 20.1. The van der Waals surface area contributed by atoms with Crippen molar-refractivity contribution in [2.75, 3.05) is 12.4 Å². The standard InChI is InChI=1S/C23H24ClNO2/c1-16-9-10-21(11-17(16)2)25-14-19-12-20(24)13-22(26-3)23(19)27-15-18-7-5-4-6-8-18/h4-13,25H,14-15H2,1-3H3. The van der Waals surface area contributed by atoms with Crippen molar-refractivity contribution in [2.24, 2.45) is 0 Å². The van der Waals surface area contributed by atoms with Crippen LogP contribution >= 0.6 is 11.6 Å². The first kappa shape index (κ1) is 19.1. The van der Waals surface area contributed by atoms with Crippen LogP contribution in [0.2, 0.25) is 5.02 Å². The summed E-state index contributed by atoms with van der Waals surface area (Å²) in [5.74, 6) is 1.34. The minimum absolute atomic E-state index is 0.468. The third-order valence-corrected chi connectivity index (χ3v) is 4.75. The van der Waals surface area contributed by atoms with Gasteiger partial charge in [-0.15, -0.1) is 0 Å². The van der Waals surface area contributed by atoms with Crippen LogP contribution in [-0.2, 0) is 13.2 Å². The molecule has 0 saturated carbocycles. The number of hydrogen-bond donors (Lipinski definition) is 1. The lowest BCUT2D eigenvalue weighted by Gasteiger charge is -2.17. The van der Waals surface area contributed by atoms with Crippen molar-refractivity contribution in [1.29, 1.82) is 0 Å². The second-order valence-corrected chi connectivity index (χ2v) is 6.96. The highest BCUT2D eigenvalue weighted by Gasteiger charge is 2.13. The molecular formula is C23H24ClNO2. The molecule has 0 unspecified atom stereocenters. The monoisotopic (exact) mass is 381 g/mol. The summed E-state index contributed by atoms with van der Waals surface area (Å²) in [7, 11) is 1.63. The lowest BCUT2D eigenvalue weighted by molar-refractivity contribution is 0.281. The van der Waals surface area contributed by atoms with E-state index in [0.29, 0.717) is 29.7 Å². The van der Waals surface area contributed by atoms with E-state index in [1.54, 1.807) is 13.2 Å². The van der Waals surface area contributed by atoms with Gasteiger partial charge in [-0.25, -0.2) is 0 Å². The van der Waals surface area contributed by atoms with Crippen molar-refractivity contribution in [3.63, 3.8) is 0 Å². The van der Waals surface area contributed by atoms with Gasteiger partial charge in [0.1, 0.15) is 6.61 Å². The maximum atomic E-state index is 6.28. The second kappa shape index (κ2) is 8.83. The van der Waals surface area contributed by atoms with Crippen LogP contribution in [0.4, 0.5) is 5.69 Å². The summed E-state index contributed by atoms with van der Waals surface area (Å²) in [4.78, 5) is 0. The minimum Gasteiger partial charge on any atom is -0.493 e. The zero-order valence-electron chi connectivity index (χ0n) is 15.9. The Balaban J connectivity index is 1.81. The van der Waals surface area contributed by atoms with Gasteiger partial charge >= 0.3 is 0 Å². The normalized spacial score (nSPS) is 10.5. The molecule has 0 saturated heterocycles. The van der Waals surface area contributed by atoms with Gasteiger partial charge in [-0.2, -0.15) is 0 Å². The van der Waals surface area contributed by atoms with Gasteiger partial charge < -0.3 is 14.8 Å². The quantitative estimate of drug-likeness (QED) is 0.531. The fourth-order valence-electron chi connectivity index (χ4n) is 2.85. The first-order chi connectivity index (χ1) is 13.1. The van der Waals surface area contributed by atoms with E-state index in [1.165, 1.54) is 11.1 Å². The van der Waals surface area contributed by atoms with Crippen molar-refractivity contribution < 1.29 is 9.47 Å². The van der Waals surface area contributed by atoms with E-state index in [0.717, 1.165) is 16.8 Å². The van der Waals surface area contributed by atoms with Gasteiger partial charge in [-0.1, -0.05) is 48.0 Å². The molecule has 0 fully saturated rings. The number of hydrogen-bond acceptors (Lipinski definition) is 3. The Kier molecular flexibility index (Phi) is 6.25. The van der Waals surface area contributed by atoms with Gasteiger partial charge in [0.25, 0.3) is 0 Å². The fourth-order valence-corrected chi connectivity index (χ4v) is 3.08. The lowest BCUT2D eigenvalue weighted by atomic mass is 10.1. The van der Waals surface area contributed by atoms with Crippen LogP contribution in [0, 0.1) is 13.8 Å². The Morgan fingerprint density at radius 3 is 2.41 bits per heavy atom. The van der Waals surface area contributed by atoms with E-state index in [9.17, 15) is 0 Å². The van der Waals surface area contributed by atoms with Gasteiger partial charge in [-0.05, 0) is 48.7 Å². The van der Waals surface area contributed by atoms with E-state index >= 15 is 0 Å². The summed E-state index contributed by atoms with van der Waals surface area (Å²) < 4.78 is 11.6. The van der Waals surface area contributed by atoms with Crippen LogP contribution in [0.5, 0.6) is 11.5 Å². The number of ether oxygens (including phenoxy) is 2. The summed E-state index contributed by atoms with van der Waals surface area (Å²) >= 11 is 6.28. The highest BCUT2D eigenvalue weighted by molar-refractivity contribution is 6.30. The Morgan fingerprint density at radius 2 is 1.70 bits per heavy atom. The molecule has 3 nitrogen and oxygen atoms in total. The average Bonchev–Trinajstić information content (AvgIpc) is 2.68. The summed E-state index contributed by atoms with van der Waals surface area (Å²) in [6.07, 6.45) is 0. The Bertz CT molecular complexity index is 910. The second-order valence-electron chi connectivity index (χ2n) is 6.52. The lowest BCUT2D eigenvalue weighted by Crippen LogP contribution is -2.06. The predicted molar refractivity (Wildman–Crippen MR) is 112 cm³/mol. The number of aryl methyl sites for hydroxylation is 2. The number of anilines is 1. The molecule has 27 heavy (non-hydrogen) atoms. The van der Waals surface area contributed by atoms with Crippen LogP contribution in [0.3, 0.4) is 0 Å². The summed E-state index contributed by atoms with van der Waals surface area (Å²) in [6.45, 7) is 5.27.